The highest BCUT2D eigenvalue weighted by Gasteiger charge is 2.11. The van der Waals surface area contributed by atoms with Crippen molar-refractivity contribution >= 4 is 29.2 Å². The Balaban J connectivity index is 2.78. The van der Waals surface area contributed by atoms with Gasteiger partial charge in [0.15, 0.2) is 0 Å². The largest absolute Gasteiger partial charge is 0.481 e. The Kier molecular flexibility index (Phi) is 3.78. The first kappa shape index (κ1) is 11.3. The number of aliphatic carboxylic acids is 1. The van der Waals surface area contributed by atoms with Crippen molar-refractivity contribution in [2.75, 3.05) is 0 Å². The van der Waals surface area contributed by atoms with Gasteiger partial charge in [0.1, 0.15) is 0 Å². The molecule has 0 amide bonds. The molecule has 0 aliphatic carbocycles. The Hall–Kier alpha value is -0.730. The minimum atomic E-state index is -0.809. The van der Waals surface area contributed by atoms with E-state index in [9.17, 15) is 4.79 Å². The maximum absolute atomic E-state index is 10.6. The molecule has 0 aromatic heterocycles. The Morgan fingerprint density at radius 2 is 2.07 bits per heavy atom. The zero-order valence-corrected chi connectivity index (χ0v) is 9.14. The highest BCUT2D eigenvalue weighted by atomic mass is 35.5. The maximum atomic E-state index is 10.6. The Bertz CT molecular complexity index is 350. The van der Waals surface area contributed by atoms with Gasteiger partial charge in [-0.05, 0) is 24.1 Å². The van der Waals surface area contributed by atoms with Gasteiger partial charge in [-0.15, -0.1) is 0 Å². The molecule has 0 radical (unpaired) electrons. The van der Waals surface area contributed by atoms with E-state index in [2.05, 4.69) is 0 Å². The lowest BCUT2D eigenvalue weighted by Crippen LogP contribution is -2.12. The van der Waals surface area contributed by atoms with E-state index in [-0.39, 0.29) is 0 Å². The van der Waals surface area contributed by atoms with Gasteiger partial charge in [0, 0.05) is 0 Å². The molecule has 0 heterocycles. The second-order valence-electron chi connectivity index (χ2n) is 3.19. The molecule has 0 saturated heterocycles. The molecule has 1 N–H and O–H groups in total. The summed E-state index contributed by atoms with van der Waals surface area (Å²) in [5.74, 6) is -1.22. The molecule has 0 aliphatic heterocycles. The quantitative estimate of drug-likeness (QED) is 0.869. The first-order valence-corrected chi connectivity index (χ1v) is 4.93. The molecule has 0 spiro atoms. The van der Waals surface area contributed by atoms with Crippen molar-refractivity contribution in [1.82, 2.24) is 0 Å². The molecule has 1 atom stereocenters. The van der Waals surface area contributed by atoms with Crippen molar-refractivity contribution in [3.63, 3.8) is 0 Å². The average molecular weight is 233 g/mol. The fraction of sp³-hybridized carbons (Fsp3) is 0.300. The summed E-state index contributed by atoms with van der Waals surface area (Å²) in [7, 11) is 0. The molecule has 76 valence electrons. The lowest BCUT2D eigenvalue weighted by molar-refractivity contribution is -0.141. The first-order valence-electron chi connectivity index (χ1n) is 4.17. The van der Waals surface area contributed by atoms with Crippen LogP contribution < -0.4 is 0 Å². The van der Waals surface area contributed by atoms with Crippen LogP contribution in [0.1, 0.15) is 12.5 Å². The molecule has 1 aromatic carbocycles. The van der Waals surface area contributed by atoms with E-state index >= 15 is 0 Å². The van der Waals surface area contributed by atoms with Crippen LogP contribution in [-0.4, -0.2) is 11.1 Å². The fourth-order valence-corrected chi connectivity index (χ4v) is 1.43. The second-order valence-corrected chi connectivity index (χ2v) is 4.01. The monoisotopic (exact) mass is 232 g/mol. The van der Waals surface area contributed by atoms with Crippen LogP contribution in [0, 0.1) is 5.92 Å². The SMILES string of the molecule is C[C@@H](Cc1ccc(Cl)c(Cl)c1)C(=O)O. The van der Waals surface area contributed by atoms with E-state index < -0.39 is 11.9 Å². The second kappa shape index (κ2) is 4.67. The third-order valence-corrected chi connectivity index (χ3v) is 2.69. The summed E-state index contributed by atoms with van der Waals surface area (Å²) in [4.78, 5) is 10.6. The normalized spacial score (nSPS) is 12.5. The van der Waals surface area contributed by atoms with Gasteiger partial charge in [-0.2, -0.15) is 0 Å². The molecule has 0 aliphatic rings. The molecule has 0 bridgehead atoms. The number of carboxylic acids is 1. The van der Waals surface area contributed by atoms with Crippen molar-refractivity contribution in [2.45, 2.75) is 13.3 Å². The zero-order chi connectivity index (χ0) is 10.7. The summed E-state index contributed by atoms with van der Waals surface area (Å²) in [6.07, 6.45) is 0.465. The summed E-state index contributed by atoms with van der Waals surface area (Å²) >= 11 is 11.5. The van der Waals surface area contributed by atoms with Gasteiger partial charge in [0.2, 0.25) is 0 Å². The Labute approximate surface area is 92.5 Å². The van der Waals surface area contributed by atoms with Crippen LogP contribution >= 0.6 is 23.2 Å². The van der Waals surface area contributed by atoms with Gasteiger partial charge >= 0.3 is 5.97 Å². The number of carbonyl (C=O) groups is 1. The number of hydrogen-bond donors (Lipinski definition) is 1. The van der Waals surface area contributed by atoms with E-state index in [1.54, 1.807) is 25.1 Å². The summed E-state index contributed by atoms with van der Waals surface area (Å²) in [5.41, 5.74) is 0.884. The standard InChI is InChI=1S/C10H10Cl2O2/c1-6(10(13)14)4-7-2-3-8(11)9(12)5-7/h2-3,5-6H,4H2,1H3,(H,13,14)/t6-/m0/s1. The number of hydrogen-bond acceptors (Lipinski definition) is 1. The molecule has 0 saturated carbocycles. The lowest BCUT2D eigenvalue weighted by atomic mass is 10.0. The number of rotatable bonds is 3. The zero-order valence-electron chi connectivity index (χ0n) is 7.63. The Morgan fingerprint density at radius 1 is 1.43 bits per heavy atom. The topological polar surface area (TPSA) is 37.3 Å². The van der Waals surface area contributed by atoms with Crippen LogP contribution in [0.5, 0.6) is 0 Å². The van der Waals surface area contributed by atoms with Gasteiger partial charge in [-0.3, -0.25) is 4.79 Å². The molecular weight excluding hydrogens is 223 g/mol. The van der Waals surface area contributed by atoms with E-state index in [4.69, 9.17) is 28.3 Å². The average Bonchev–Trinajstić information content (AvgIpc) is 2.11. The van der Waals surface area contributed by atoms with Crippen LogP contribution in [0.25, 0.3) is 0 Å². The van der Waals surface area contributed by atoms with Gasteiger partial charge in [0.25, 0.3) is 0 Å². The molecule has 0 unspecified atom stereocenters. The van der Waals surface area contributed by atoms with Gasteiger partial charge < -0.3 is 5.11 Å². The predicted octanol–water partition coefficient (Wildman–Crippen LogP) is 3.26. The molecule has 0 fully saturated rings. The minimum absolute atomic E-state index is 0.410. The van der Waals surface area contributed by atoms with Crippen LogP contribution in [0.4, 0.5) is 0 Å². The van der Waals surface area contributed by atoms with Crippen molar-refractivity contribution in [1.29, 1.82) is 0 Å². The van der Waals surface area contributed by atoms with Crippen LogP contribution in [0.2, 0.25) is 10.0 Å². The molecule has 14 heavy (non-hydrogen) atoms. The minimum Gasteiger partial charge on any atom is -0.481 e. The van der Waals surface area contributed by atoms with Crippen molar-refractivity contribution in [3.05, 3.63) is 33.8 Å². The third-order valence-electron chi connectivity index (χ3n) is 1.95. The van der Waals surface area contributed by atoms with Crippen molar-refractivity contribution in [3.8, 4) is 0 Å². The first-order chi connectivity index (χ1) is 6.50. The van der Waals surface area contributed by atoms with Crippen molar-refractivity contribution in [2.24, 2.45) is 5.92 Å². The molecular formula is C10H10Cl2O2. The van der Waals surface area contributed by atoms with Gasteiger partial charge in [-0.25, -0.2) is 0 Å². The maximum Gasteiger partial charge on any atom is 0.306 e. The summed E-state index contributed by atoms with van der Waals surface area (Å²) in [6.45, 7) is 1.66. The predicted molar refractivity (Wildman–Crippen MR) is 57.0 cm³/mol. The van der Waals surface area contributed by atoms with E-state index in [1.165, 1.54) is 0 Å². The summed E-state index contributed by atoms with van der Waals surface area (Å²) in [5, 5.41) is 9.65. The van der Waals surface area contributed by atoms with Gasteiger partial charge in [-0.1, -0.05) is 36.2 Å². The van der Waals surface area contributed by atoms with E-state index in [0.29, 0.717) is 16.5 Å². The number of halogens is 2. The lowest BCUT2D eigenvalue weighted by Gasteiger charge is -2.06. The smallest absolute Gasteiger partial charge is 0.306 e. The highest BCUT2D eigenvalue weighted by Crippen LogP contribution is 2.23. The molecule has 2 nitrogen and oxygen atoms in total. The summed E-state index contributed by atoms with van der Waals surface area (Å²) < 4.78 is 0. The summed E-state index contributed by atoms with van der Waals surface area (Å²) in [6, 6.07) is 5.16. The number of carboxylic acid groups (broad SMARTS) is 1. The Morgan fingerprint density at radius 3 is 2.57 bits per heavy atom. The third kappa shape index (κ3) is 2.89. The highest BCUT2D eigenvalue weighted by molar-refractivity contribution is 6.42. The fourth-order valence-electron chi connectivity index (χ4n) is 1.11. The van der Waals surface area contributed by atoms with Crippen LogP contribution in [0.15, 0.2) is 18.2 Å². The molecule has 4 heteroatoms. The van der Waals surface area contributed by atoms with Crippen LogP contribution in [-0.2, 0) is 11.2 Å². The molecule has 1 rings (SSSR count). The van der Waals surface area contributed by atoms with Crippen molar-refractivity contribution < 1.29 is 9.90 Å². The van der Waals surface area contributed by atoms with E-state index in [1.807, 2.05) is 0 Å². The van der Waals surface area contributed by atoms with Gasteiger partial charge in [0.05, 0.1) is 16.0 Å². The molecule has 1 aromatic rings. The van der Waals surface area contributed by atoms with Crippen LogP contribution in [0.3, 0.4) is 0 Å². The van der Waals surface area contributed by atoms with E-state index in [0.717, 1.165) is 5.56 Å². The number of benzene rings is 1.